The molecule has 0 aliphatic rings. The number of aromatic nitrogens is 2. The van der Waals surface area contributed by atoms with E-state index in [2.05, 4.69) is 38.8 Å². The Labute approximate surface area is 134 Å². The van der Waals surface area contributed by atoms with Crippen molar-refractivity contribution >= 4 is 22.3 Å². The SMILES string of the molecule is CCc1ncnc(NCCNc2cccc3ccccc23)c1F. The predicted molar refractivity (Wildman–Crippen MR) is 92.3 cm³/mol. The Morgan fingerprint density at radius 2 is 1.74 bits per heavy atom. The van der Waals surface area contributed by atoms with E-state index in [1.807, 2.05) is 31.2 Å². The highest BCUT2D eigenvalue weighted by atomic mass is 19.1. The molecule has 5 heteroatoms. The van der Waals surface area contributed by atoms with Gasteiger partial charge < -0.3 is 10.6 Å². The lowest BCUT2D eigenvalue weighted by molar-refractivity contribution is 0.597. The van der Waals surface area contributed by atoms with Gasteiger partial charge in [0, 0.05) is 24.2 Å². The Kier molecular flexibility index (Phi) is 4.66. The number of hydrogen-bond donors (Lipinski definition) is 2. The number of fused-ring (bicyclic) bond motifs is 1. The number of benzene rings is 2. The van der Waals surface area contributed by atoms with Crippen LogP contribution in [0.2, 0.25) is 0 Å². The number of aryl methyl sites for hydroxylation is 1. The monoisotopic (exact) mass is 310 g/mol. The summed E-state index contributed by atoms with van der Waals surface area (Å²) in [6.07, 6.45) is 1.94. The lowest BCUT2D eigenvalue weighted by Crippen LogP contribution is -2.16. The highest BCUT2D eigenvalue weighted by molar-refractivity contribution is 5.93. The van der Waals surface area contributed by atoms with Crippen molar-refractivity contribution in [3.05, 3.63) is 60.3 Å². The molecule has 0 amide bonds. The van der Waals surface area contributed by atoms with Crippen LogP contribution in [0.3, 0.4) is 0 Å². The first-order valence-corrected chi connectivity index (χ1v) is 7.74. The molecule has 1 aromatic heterocycles. The van der Waals surface area contributed by atoms with E-state index in [-0.39, 0.29) is 11.6 Å². The molecular weight excluding hydrogens is 291 g/mol. The summed E-state index contributed by atoms with van der Waals surface area (Å²) in [5, 5.41) is 8.77. The minimum atomic E-state index is -0.361. The molecule has 23 heavy (non-hydrogen) atoms. The van der Waals surface area contributed by atoms with Gasteiger partial charge in [0.05, 0.1) is 5.69 Å². The second-order valence-electron chi connectivity index (χ2n) is 5.22. The van der Waals surface area contributed by atoms with E-state index in [0.717, 1.165) is 5.69 Å². The average molecular weight is 310 g/mol. The molecule has 0 aliphatic heterocycles. The molecule has 0 saturated carbocycles. The third-order valence-electron chi connectivity index (χ3n) is 3.72. The Morgan fingerprint density at radius 1 is 0.957 bits per heavy atom. The van der Waals surface area contributed by atoms with Gasteiger partial charge in [0.15, 0.2) is 11.6 Å². The van der Waals surface area contributed by atoms with Crippen molar-refractivity contribution < 1.29 is 4.39 Å². The van der Waals surface area contributed by atoms with Gasteiger partial charge >= 0.3 is 0 Å². The fourth-order valence-electron chi connectivity index (χ4n) is 2.53. The molecule has 118 valence electrons. The standard InChI is InChI=1S/C18H19FN4/c1-2-15-17(19)18(23-12-22-15)21-11-10-20-16-9-5-7-13-6-3-4-8-14(13)16/h3-9,12,20H,2,10-11H2,1H3,(H,21,22,23). The van der Waals surface area contributed by atoms with Crippen LogP contribution in [-0.4, -0.2) is 23.1 Å². The first kappa shape index (κ1) is 15.2. The summed E-state index contributed by atoms with van der Waals surface area (Å²) in [7, 11) is 0. The molecule has 0 fully saturated rings. The quantitative estimate of drug-likeness (QED) is 0.679. The number of nitrogens with one attached hydrogen (secondary N) is 2. The van der Waals surface area contributed by atoms with Crippen LogP contribution in [0.5, 0.6) is 0 Å². The summed E-state index contributed by atoms with van der Waals surface area (Å²) in [6.45, 7) is 3.11. The molecule has 0 bridgehead atoms. The first-order valence-electron chi connectivity index (χ1n) is 7.74. The maximum Gasteiger partial charge on any atom is 0.186 e. The Hall–Kier alpha value is -2.69. The molecule has 0 aliphatic carbocycles. The van der Waals surface area contributed by atoms with E-state index >= 15 is 0 Å². The normalized spacial score (nSPS) is 10.7. The molecule has 1 heterocycles. The van der Waals surface area contributed by atoms with Crippen molar-refractivity contribution in [1.29, 1.82) is 0 Å². The zero-order valence-corrected chi connectivity index (χ0v) is 13.0. The highest BCUT2D eigenvalue weighted by Crippen LogP contribution is 2.22. The minimum Gasteiger partial charge on any atom is -0.383 e. The van der Waals surface area contributed by atoms with Gasteiger partial charge in [-0.1, -0.05) is 43.3 Å². The van der Waals surface area contributed by atoms with Crippen molar-refractivity contribution in [1.82, 2.24) is 9.97 Å². The maximum atomic E-state index is 14.0. The molecule has 0 saturated heterocycles. The fourth-order valence-corrected chi connectivity index (χ4v) is 2.53. The maximum absolute atomic E-state index is 14.0. The van der Waals surface area contributed by atoms with Gasteiger partial charge in [0.1, 0.15) is 6.33 Å². The Balaban J connectivity index is 1.62. The van der Waals surface area contributed by atoms with Gasteiger partial charge in [0.25, 0.3) is 0 Å². The second kappa shape index (κ2) is 7.05. The van der Waals surface area contributed by atoms with Gasteiger partial charge in [-0.25, -0.2) is 14.4 Å². The minimum absolute atomic E-state index is 0.261. The van der Waals surface area contributed by atoms with Gasteiger partial charge in [-0.05, 0) is 17.9 Å². The number of anilines is 2. The summed E-state index contributed by atoms with van der Waals surface area (Å²) in [6, 6.07) is 14.4. The van der Waals surface area contributed by atoms with E-state index < -0.39 is 0 Å². The van der Waals surface area contributed by atoms with E-state index in [0.29, 0.717) is 25.2 Å². The lowest BCUT2D eigenvalue weighted by Gasteiger charge is -2.11. The Morgan fingerprint density at radius 3 is 2.61 bits per heavy atom. The smallest absolute Gasteiger partial charge is 0.186 e. The zero-order valence-electron chi connectivity index (χ0n) is 13.0. The summed E-state index contributed by atoms with van der Waals surface area (Å²) < 4.78 is 14.0. The van der Waals surface area contributed by atoms with E-state index in [1.165, 1.54) is 17.1 Å². The van der Waals surface area contributed by atoms with Crippen LogP contribution < -0.4 is 10.6 Å². The fraction of sp³-hybridized carbons (Fsp3) is 0.222. The number of halogens is 1. The van der Waals surface area contributed by atoms with Crippen molar-refractivity contribution in [3.63, 3.8) is 0 Å². The van der Waals surface area contributed by atoms with Crippen LogP contribution >= 0.6 is 0 Å². The van der Waals surface area contributed by atoms with Crippen LogP contribution in [-0.2, 0) is 6.42 Å². The van der Waals surface area contributed by atoms with E-state index in [1.54, 1.807) is 0 Å². The second-order valence-corrected chi connectivity index (χ2v) is 5.22. The molecular formula is C18H19FN4. The molecule has 0 unspecified atom stereocenters. The average Bonchev–Trinajstić information content (AvgIpc) is 2.60. The van der Waals surface area contributed by atoms with Crippen molar-refractivity contribution in [2.45, 2.75) is 13.3 Å². The van der Waals surface area contributed by atoms with Crippen LogP contribution in [0.4, 0.5) is 15.9 Å². The predicted octanol–water partition coefficient (Wildman–Crippen LogP) is 3.86. The van der Waals surface area contributed by atoms with Gasteiger partial charge in [-0.15, -0.1) is 0 Å². The third-order valence-corrected chi connectivity index (χ3v) is 3.72. The molecule has 0 atom stereocenters. The molecule has 4 nitrogen and oxygen atoms in total. The summed E-state index contributed by atoms with van der Waals surface area (Å²) in [5.74, 6) is -0.100. The zero-order chi connectivity index (χ0) is 16.1. The van der Waals surface area contributed by atoms with E-state index in [9.17, 15) is 4.39 Å². The first-order chi connectivity index (χ1) is 11.3. The molecule has 0 radical (unpaired) electrons. The highest BCUT2D eigenvalue weighted by Gasteiger charge is 2.08. The number of nitrogens with zero attached hydrogens (tertiary/aromatic N) is 2. The van der Waals surface area contributed by atoms with Gasteiger partial charge in [-0.3, -0.25) is 0 Å². The van der Waals surface area contributed by atoms with Gasteiger partial charge in [0.2, 0.25) is 0 Å². The largest absolute Gasteiger partial charge is 0.383 e. The number of hydrogen-bond acceptors (Lipinski definition) is 4. The third kappa shape index (κ3) is 3.39. The van der Waals surface area contributed by atoms with Crippen LogP contribution in [0.15, 0.2) is 48.8 Å². The molecule has 2 N–H and O–H groups in total. The molecule has 3 aromatic rings. The van der Waals surface area contributed by atoms with Crippen LogP contribution in [0, 0.1) is 5.82 Å². The van der Waals surface area contributed by atoms with Crippen LogP contribution in [0.1, 0.15) is 12.6 Å². The Bertz CT molecular complexity index is 799. The summed E-state index contributed by atoms with van der Waals surface area (Å²) >= 11 is 0. The molecule has 0 spiro atoms. The van der Waals surface area contributed by atoms with Gasteiger partial charge in [-0.2, -0.15) is 0 Å². The lowest BCUT2D eigenvalue weighted by atomic mass is 10.1. The number of rotatable bonds is 6. The van der Waals surface area contributed by atoms with E-state index in [4.69, 9.17) is 0 Å². The topological polar surface area (TPSA) is 49.8 Å². The van der Waals surface area contributed by atoms with Crippen molar-refractivity contribution in [3.8, 4) is 0 Å². The summed E-state index contributed by atoms with van der Waals surface area (Å²) in [5.41, 5.74) is 1.51. The summed E-state index contributed by atoms with van der Waals surface area (Å²) in [4.78, 5) is 7.88. The molecule has 3 rings (SSSR count). The van der Waals surface area contributed by atoms with Crippen LogP contribution in [0.25, 0.3) is 10.8 Å². The van der Waals surface area contributed by atoms with Crippen molar-refractivity contribution in [2.24, 2.45) is 0 Å². The molecule has 2 aromatic carbocycles. The van der Waals surface area contributed by atoms with Crippen molar-refractivity contribution in [2.75, 3.05) is 23.7 Å².